The molecule has 1 aliphatic carbocycles. The van der Waals surface area contributed by atoms with E-state index in [1.54, 1.807) is 30.9 Å². The second-order valence-corrected chi connectivity index (χ2v) is 9.11. The average molecular weight is 490 g/mol. The fourth-order valence-electron chi connectivity index (χ4n) is 5.05. The number of hydrogen-bond acceptors (Lipinski definition) is 7. The Labute approximate surface area is 205 Å². The van der Waals surface area contributed by atoms with Gasteiger partial charge in [-0.25, -0.2) is 24.1 Å². The highest BCUT2D eigenvalue weighted by atomic mass is 19.1. The maximum absolute atomic E-state index is 15.4. The number of pyridine rings is 2. The van der Waals surface area contributed by atoms with Gasteiger partial charge in [0.1, 0.15) is 18.1 Å². The fourth-order valence-corrected chi connectivity index (χ4v) is 5.05. The summed E-state index contributed by atoms with van der Waals surface area (Å²) in [6.45, 7) is 3.01. The molecule has 10 nitrogen and oxygen atoms in total. The van der Waals surface area contributed by atoms with Gasteiger partial charge in [0.2, 0.25) is 5.88 Å². The summed E-state index contributed by atoms with van der Waals surface area (Å²) < 4.78 is 23.0. The monoisotopic (exact) mass is 489 g/mol. The second-order valence-electron chi connectivity index (χ2n) is 9.11. The average Bonchev–Trinajstić information content (AvgIpc) is 3.38. The number of benzene rings is 1. The molecule has 0 spiro atoms. The van der Waals surface area contributed by atoms with Crippen LogP contribution < -0.4 is 20.7 Å². The zero-order chi connectivity index (χ0) is 25.0. The first-order valence-electron chi connectivity index (χ1n) is 11.7. The minimum Gasteiger partial charge on any atom is -0.474 e. The Bertz CT molecular complexity index is 1490. The van der Waals surface area contributed by atoms with Crippen LogP contribution in [0.25, 0.3) is 21.9 Å². The van der Waals surface area contributed by atoms with Crippen LogP contribution in [0.5, 0.6) is 5.88 Å². The quantitative estimate of drug-likeness (QED) is 0.363. The molecule has 36 heavy (non-hydrogen) atoms. The van der Waals surface area contributed by atoms with Crippen molar-refractivity contribution in [2.24, 2.45) is 0 Å². The molecule has 1 aliphatic heterocycles. The number of rotatable bonds is 4. The van der Waals surface area contributed by atoms with E-state index in [-0.39, 0.29) is 29.2 Å². The zero-order valence-corrected chi connectivity index (χ0v) is 19.5. The molecule has 0 bridgehead atoms. The molecular weight excluding hydrogens is 465 g/mol. The third-order valence-electron chi connectivity index (χ3n) is 7.07. The van der Waals surface area contributed by atoms with E-state index in [0.717, 1.165) is 11.3 Å². The minimum absolute atomic E-state index is 0.0476. The molecule has 1 fully saturated rings. The van der Waals surface area contributed by atoms with Crippen LogP contribution in [0.1, 0.15) is 24.4 Å². The number of nitrogens with zero attached hydrogens (tertiary/aromatic N) is 5. The van der Waals surface area contributed by atoms with Crippen LogP contribution in [0.15, 0.2) is 43.2 Å². The van der Waals surface area contributed by atoms with Crippen molar-refractivity contribution in [1.29, 1.82) is 0 Å². The van der Waals surface area contributed by atoms with E-state index in [4.69, 9.17) is 10.5 Å². The largest absolute Gasteiger partial charge is 0.474 e. The molecule has 11 heteroatoms. The summed E-state index contributed by atoms with van der Waals surface area (Å²) in [5.74, 6) is 0.182. The van der Waals surface area contributed by atoms with Gasteiger partial charge < -0.3 is 25.5 Å². The number of fused-ring (bicyclic) bond motifs is 2. The van der Waals surface area contributed by atoms with Gasteiger partial charge in [-0.1, -0.05) is 0 Å². The summed E-state index contributed by atoms with van der Waals surface area (Å²) in [4.78, 5) is 26.2. The van der Waals surface area contributed by atoms with Gasteiger partial charge in [0.25, 0.3) is 0 Å². The number of ether oxygens (including phenoxy) is 1. The first-order valence-corrected chi connectivity index (χ1v) is 11.7. The topological polar surface area (TPSA) is 131 Å². The molecule has 1 aromatic carbocycles. The molecule has 0 atom stereocenters. The number of nitrogens with two attached hydrogens (primary N) is 1. The van der Waals surface area contributed by atoms with Crippen LogP contribution >= 0.6 is 0 Å². The van der Waals surface area contributed by atoms with Gasteiger partial charge >= 0.3 is 6.09 Å². The molecule has 1 saturated carbocycles. The van der Waals surface area contributed by atoms with Gasteiger partial charge in [-0.3, -0.25) is 4.90 Å². The van der Waals surface area contributed by atoms with E-state index in [1.807, 2.05) is 17.7 Å². The highest BCUT2D eigenvalue weighted by Gasteiger charge is 2.38. The van der Waals surface area contributed by atoms with Crippen molar-refractivity contribution >= 4 is 34.1 Å². The van der Waals surface area contributed by atoms with Gasteiger partial charge in [0.15, 0.2) is 5.82 Å². The molecule has 6 rings (SSSR count). The Kier molecular flexibility index (Phi) is 5.13. The SMILES string of the molecule is Cc1c(-c2cc3cc(N(C(=O)O)[C@H]4C[C@@H](n5ccnc5)C4)ncc3c(N)c2F)cnc2c1NCCO2. The van der Waals surface area contributed by atoms with E-state index in [9.17, 15) is 9.90 Å². The zero-order valence-electron chi connectivity index (χ0n) is 19.5. The smallest absolute Gasteiger partial charge is 0.413 e. The lowest BCUT2D eigenvalue weighted by atomic mass is 9.85. The van der Waals surface area contributed by atoms with E-state index < -0.39 is 11.9 Å². The fraction of sp³-hybridized carbons (Fsp3) is 0.280. The molecule has 184 valence electrons. The number of aromatic nitrogens is 4. The van der Waals surface area contributed by atoms with Crippen molar-refractivity contribution in [2.45, 2.75) is 31.8 Å². The lowest BCUT2D eigenvalue weighted by molar-refractivity contribution is 0.183. The molecular formula is C25H24FN7O3. The number of amides is 1. The van der Waals surface area contributed by atoms with E-state index in [1.165, 1.54) is 11.1 Å². The predicted molar refractivity (Wildman–Crippen MR) is 133 cm³/mol. The number of anilines is 3. The van der Waals surface area contributed by atoms with E-state index >= 15 is 4.39 Å². The first-order chi connectivity index (χ1) is 17.4. The Morgan fingerprint density at radius 3 is 2.86 bits per heavy atom. The number of nitrogens with one attached hydrogen (secondary N) is 1. The molecule has 4 heterocycles. The second kappa shape index (κ2) is 8.36. The number of hydrogen-bond donors (Lipinski definition) is 3. The highest BCUT2D eigenvalue weighted by Crippen LogP contribution is 2.41. The first kappa shape index (κ1) is 22.1. The van der Waals surface area contributed by atoms with Crippen molar-refractivity contribution in [3.05, 3.63) is 54.6 Å². The van der Waals surface area contributed by atoms with Crippen LogP contribution in [0, 0.1) is 12.7 Å². The van der Waals surface area contributed by atoms with Crippen molar-refractivity contribution in [1.82, 2.24) is 19.5 Å². The Morgan fingerprint density at radius 2 is 2.11 bits per heavy atom. The van der Waals surface area contributed by atoms with Gasteiger partial charge in [0.05, 0.1) is 12.0 Å². The van der Waals surface area contributed by atoms with Crippen molar-refractivity contribution in [2.75, 3.05) is 29.1 Å². The van der Waals surface area contributed by atoms with Crippen LogP contribution in [-0.4, -0.2) is 49.9 Å². The van der Waals surface area contributed by atoms with Crippen molar-refractivity contribution in [3.8, 4) is 17.0 Å². The van der Waals surface area contributed by atoms with Crippen LogP contribution in [0.4, 0.5) is 26.4 Å². The van der Waals surface area contributed by atoms with Crippen LogP contribution in [-0.2, 0) is 0 Å². The van der Waals surface area contributed by atoms with Gasteiger partial charge in [-0.2, -0.15) is 0 Å². The Balaban J connectivity index is 1.39. The molecule has 0 radical (unpaired) electrons. The summed E-state index contributed by atoms with van der Waals surface area (Å²) in [6, 6.07) is 3.28. The number of carboxylic acid groups (broad SMARTS) is 1. The molecule has 0 unspecified atom stereocenters. The standard InChI is InChI=1S/C25H24FN7O3/c1-13-18(10-31-24-23(13)29-3-5-36-24)17-6-14-7-20(30-11-19(14)22(27)21(17)26)33(25(34)35)16-8-15(9-16)32-4-2-28-12-32/h2,4,6-7,10-12,15-16,29H,3,5,8-9,27H2,1H3,(H,34,35)/t15-,16+. The summed E-state index contributed by atoms with van der Waals surface area (Å²) in [7, 11) is 0. The number of halogens is 1. The maximum atomic E-state index is 15.4. The number of imidazole rings is 1. The van der Waals surface area contributed by atoms with Crippen molar-refractivity contribution < 1.29 is 19.0 Å². The van der Waals surface area contributed by atoms with Crippen LogP contribution in [0.3, 0.4) is 0 Å². The summed E-state index contributed by atoms with van der Waals surface area (Å²) in [5.41, 5.74) is 8.51. The molecule has 4 N–H and O–H groups in total. The maximum Gasteiger partial charge on any atom is 0.413 e. The molecule has 3 aromatic heterocycles. The van der Waals surface area contributed by atoms with Crippen molar-refractivity contribution in [3.63, 3.8) is 0 Å². The molecule has 2 aliphatic rings. The van der Waals surface area contributed by atoms with Crippen LogP contribution in [0.2, 0.25) is 0 Å². The lowest BCUT2D eigenvalue weighted by Crippen LogP contribution is -2.48. The number of carbonyl (C=O) groups is 1. The third kappa shape index (κ3) is 3.46. The predicted octanol–water partition coefficient (Wildman–Crippen LogP) is 4.22. The van der Waals surface area contributed by atoms with E-state index in [0.29, 0.717) is 48.2 Å². The molecule has 1 amide bonds. The van der Waals surface area contributed by atoms with Gasteiger partial charge in [-0.05, 0) is 42.8 Å². The normalized spacial score (nSPS) is 18.6. The van der Waals surface area contributed by atoms with Gasteiger partial charge in [-0.15, -0.1) is 0 Å². The molecule has 0 saturated heterocycles. The Hall–Kier alpha value is -4.41. The summed E-state index contributed by atoms with van der Waals surface area (Å²) >= 11 is 0. The number of nitrogen functional groups attached to an aromatic ring is 1. The summed E-state index contributed by atoms with van der Waals surface area (Å²) in [5, 5.41) is 14.3. The lowest BCUT2D eigenvalue weighted by Gasteiger charge is -2.41. The Morgan fingerprint density at radius 1 is 1.28 bits per heavy atom. The van der Waals surface area contributed by atoms with Gasteiger partial charge in [0, 0.05) is 59.9 Å². The minimum atomic E-state index is -1.09. The highest BCUT2D eigenvalue weighted by molar-refractivity contribution is 5.99. The van der Waals surface area contributed by atoms with E-state index in [2.05, 4.69) is 20.3 Å². The summed E-state index contributed by atoms with van der Waals surface area (Å²) in [6.07, 6.45) is 8.52. The third-order valence-corrected chi connectivity index (χ3v) is 7.07. The molecule has 4 aromatic rings.